The molecule has 0 saturated carbocycles. The van der Waals surface area contributed by atoms with Crippen LogP contribution in [0, 0.1) is 5.82 Å². The maximum absolute atomic E-state index is 13.6. The molecule has 0 bridgehead atoms. The maximum Gasteiger partial charge on any atom is 0.129 e. The average molecular weight is 225 g/mol. The molecule has 0 aliphatic carbocycles. The largest absolute Gasteiger partial charge is 0.372 e. The van der Waals surface area contributed by atoms with Crippen molar-refractivity contribution in [1.82, 2.24) is 5.32 Å². The molecule has 0 fully saturated rings. The summed E-state index contributed by atoms with van der Waals surface area (Å²) in [4.78, 5) is 0. The lowest BCUT2D eigenvalue weighted by Crippen LogP contribution is -2.21. The van der Waals surface area contributed by atoms with E-state index in [1.54, 1.807) is 12.1 Å². The Bertz CT molecular complexity index is 304. The fourth-order valence-electron chi connectivity index (χ4n) is 1.55. The van der Waals surface area contributed by atoms with E-state index in [-0.39, 0.29) is 11.9 Å². The minimum atomic E-state index is -0.197. The number of hydrogen-bond donors (Lipinski definition) is 1. The van der Waals surface area contributed by atoms with Gasteiger partial charge in [0.2, 0.25) is 0 Å². The summed E-state index contributed by atoms with van der Waals surface area (Å²) in [6.07, 6.45) is 1.90. The first kappa shape index (κ1) is 13.1. The van der Waals surface area contributed by atoms with Gasteiger partial charge < -0.3 is 10.1 Å². The summed E-state index contributed by atoms with van der Waals surface area (Å²) in [5, 5.41) is 3.03. The molecule has 1 aromatic carbocycles. The molecule has 90 valence electrons. The van der Waals surface area contributed by atoms with Gasteiger partial charge in [-0.05, 0) is 19.5 Å². The van der Waals surface area contributed by atoms with Gasteiger partial charge >= 0.3 is 0 Å². The smallest absolute Gasteiger partial charge is 0.129 e. The molecule has 0 saturated heterocycles. The van der Waals surface area contributed by atoms with Crippen LogP contribution in [0.15, 0.2) is 24.3 Å². The van der Waals surface area contributed by atoms with Crippen LogP contribution >= 0.6 is 0 Å². The van der Waals surface area contributed by atoms with Crippen LogP contribution in [0.2, 0.25) is 0 Å². The summed E-state index contributed by atoms with van der Waals surface area (Å²) in [5.74, 6) is -0.195. The van der Waals surface area contributed by atoms with Crippen molar-refractivity contribution in [3.8, 4) is 0 Å². The van der Waals surface area contributed by atoms with Gasteiger partial charge in [0.15, 0.2) is 0 Å². The molecule has 1 aromatic rings. The second-order valence-electron chi connectivity index (χ2n) is 3.79. The van der Waals surface area contributed by atoms with E-state index in [1.807, 2.05) is 13.1 Å². The SMILES string of the molecule is CCCCOC(CNC)c1ccccc1F. The third kappa shape index (κ3) is 3.91. The first-order valence-electron chi connectivity index (χ1n) is 5.80. The molecule has 0 aliphatic rings. The number of unbranched alkanes of at least 4 members (excludes halogenated alkanes) is 1. The zero-order valence-electron chi connectivity index (χ0n) is 10.0. The molecule has 1 atom stereocenters. The van der Waals surface area contributed by atoms with Crippen molar-refractivity contribution >= 4 is 0 Å². The van der Waals surface area contributed by atoms with Crippen LogP contribution in [0.1, 0.15) is 31.4 Å². The maximum atomic E-state index is 13.6. The van der Waals surface area contributed by atoms with Crippen molar-refractivity contribution in [3.05, 3.63) is 35.6 Å². The van der Waals surface area contributed by atoms with Crippen LogP contribution in [0.25, 0.3) is 0 Å². The lowest BCUT2D eigenvalue weighted by molar-refractivity contribution is 0.0496. The molecule has 0 aliphatic heterocycles. The second-order valence-corrected chi connectivity index (χ2v) is 3.79. The number of nitrogens with one attached hydrogen (secondary N) is 1. The van der Waals surface area contributed by atoms with Gasteiger partial charge in [-0.1, -0.05) is 31.5 Å². The van der Waals surface area contributed by atoms with E-state index in [1.165, 1.54) is 6.07 Å². The molecule has 1 rings (SSSR count). The zero-order valence-corrected chi connectivity index (χ0v) is 10.0. The fourth-order valence-corrected chi connectivity index (χ4v) is 1.55. The standard InChI is InChI=1S/C13H20FNO/c1-3-4-9-16-13(10-15-2)11-7-5-6-8-12(11)14/h5-8,13,15H,3-4,9-10H2,1-2H3. The Balaban J connectivity index is 2.65. The Kier molecular flexibility index (Phi) is 6.04. The third-order valence-corrected chi connectivity index (χ3v) is 2.46. The molecule has 0 heterocycles. The molecular weight excluding hydrogens is 205 g/mol. The van der Waals surface area contributed by atoms with Crippen LogP contribution in [0.5, 0.6) is 0 Å². The van der Waals surface area contributed by atoms with E-state index >= 15 is 0 Å². The summed E-state index contributed by atoms with van der Waals surface area (Å²) < 4.78 is 19.3. The van der Waals surface area contributed by atoms with Gasteiger partial charge in [0.1, 0.15) is 5.82 Å². The lowest BCUT2D eigenvalue weighted by Gasteiger charge is -2.18. The van der Waals surface area contributed by atoms with Gasteiger partial charge in [-0.2, -0.15) is 0 Å². The van der Waals surface area contributed by atoms with E-state index in [2.05, 4.69) is 12.2 Å². The van der Waals surface area contributed by atoms with E-state index in [4.69, 9.17) is 4.74 Å². The van der Waals surface area contributed by atoms with Gasteiger partial charge in [-0.15, -0.1) is 0 Å². The van der Waals surface area contributed by atoms with E-state index in [9.17, 15) is 4.39 Å². The number of ether oxygens (including phenoxy) is 1. The van der Waals surface area contributed by atoms with Crippen LogP contribution in [0.4, 0.5) is 4.39 Å². The number of halogens is 1. The number of rotatable bonds is 7. The van der Waals surface area contributed by atoms with Crippen LogP contribution in [0.3, 0.4) is 0 Å². The molecule has 1 N–H and O–H groups in total. The van der Waals surface area contributed by atoms with Crippen molar-refractivity contribution in [2.75, 3.05) is 20.2 Å². The summed E-state index contributed by atoms with van der Waals surface area (Å²) in [7, 11) is 1.84. The Labute approximate surface area is 96.8 Å². The van der Waals surface area contributed by atoms with Gasteiger partial charge in [0, 0.05) is 18.7 Å². The average Bonchev–Trinajstić information content (AvgIpc) is 2.29. The summed E-state index contributed by atoms with van der Waals surface area (Å²) in [6.45, 7) is 3.42. The van der Waals surface area contributed by atoms with Gasteiger partial charge in [0.05, 0.1) is 6.10 Å². The van der Waals surface area contributed by atoms with Gasteiger partial charge in [-0.3, -0.25) is 0 Å². The van der Waals surface area contributed by atoms with E-state index in [0.29, 0.717) is 18.7 Å². The molecule has 0 amide bonds. The van der Waals surface area contributed by atoms with Crippen molar-refractivity contribution in [2.24, 2.45) is 0 Å². The number of likely N-dealkylation sites (N-methyl/N-ethyl adjacent to an activating group) is 1. The fraction of sp³-hybridized carbons (Fsp3) is 0.538. The quantitative estimate of drug-likeness (QED) is 0.720. The topological polar surface area (TPSA) is 21.3 Å². The van der Waals surface area contributed by atoms with Crippen molar-refractivity contribution in [2.45, 2.75) is 25.9 Å². The number of hydrogen-bond acceptors (Lipinski definition) is 2. The highest BCUT2D eigenvalue weighted by Crippen LogP contribution is 2.20. The molecular formula is C13H20FNO. The molecule has 16 heavy (non-hydrogen) atoms. The number of benzene rings is 1. The summed E-state index contributed by atoms with van der Waals surface area (Å²) >= 11 is 0. The molecule has 0 aromatic heterocycles. The van der Waals surface area contributed by atoms with Crippen molar-refractivity contribution < 1.29 is 9.13 Å². The molecule has 0 spiro atoms. The van der Waals surface area contributed by atoms with Gasteiger partial charge in [0.25, 0.3) is 0 Å². The lowest BCUT2D eigenvalue weighted by atomic mass is 10.1. The minimum Gasteiger partial charge on any atom is -0.372 e. The highest BCUT2D eigenvalue weighted by atomic mass is 19.1. The Hall–Kier alpha value is -0.930. The van der Waals surface area contributed by atoms with Crippen LogP contribution in [-0.4, -0.2) is 20.2 Å². The Morgan fingerprint density at radius 3 is 2.75 bits per heavy atom. The monoisotopic (exact) mass is 225 g/mol. The van der Waals surface area contributed by atoms with Gasteiger partial charge in [-0.25, -0.2) is 4.39 Å². The van der Waals surface area contributed by atoms with E-state index in [0.717, 1.165) is 12.8 Å². The normalized spacial score (nSPS) is 12.7. The third-order valence-electron chi connectivity index (χ3n) is 2.46. The van der Waals surface area contributed by atoms with Crippen molar-refractivity contribution in [1.29, 1.82) is 0 Å². The summed E-state index contributed by atoms with van der Waals surface area (Å²) in [5.41, 5.74) is 0.632. The minimum absolute atomic E-state index is 0.195. The predicted molar refractivity (Wildman–Crippen MR) is 63.9 cm³/mol. The van der Waals surface area contributed by atoms with Crippen molar-refractivity contribution in [3.63, 3.8) is 0 Å². The first-order chi connectivity index (χ1) is 7.79. The molecule has 2 nitrogen and oxygen atoms in total. The highest BCUT2D eigenvalue weighted by Gasteiger charge is 2.14. The zero-order chi connectivity index (χ0) is 11.8. The highest BCUT2D eigenvalue weighted by molar-refractivity contribution is 5.20. The second kappa shape index (κ2) is 7.36. The molecule has 1 unspecified atom stereocenters. The summed E-state index contributed by atoms with van der Waals surface area (Å²) in [6, 6.07) is 6.79. The predicted octanol–water partition coefficient (Wildman–Crippen LogP) is 2.90. The molecule has 0 radical (unpaired) electrons. The Morgan fingerprint density at radius 1 is 1.38 bits per heavy atom. The Morgan fingerprint density at radius 2 is 2.12 bits per heavy atom. The first-order valence-corrected chi connectivity index (χ1v) is 5.80. The van der Waals surface area contributed by atoms with Crippen LogP contribution < -0.4 is 5.32 Å². The van der Waals surface area contributed by atoms with E-state index < -0.39 is 0 Å². The van der Waals surface area contributed by atoms with Crippen LogP contribution in [-0.2, 0) is 4.74 Å². The molecule has 3 heteroatoms.